The van der Waals surface area contributed by atoms with Gasteiger partial charge in [0.05, 0.1) is 7.11 Å². The van der Waals surface area contributed by atoms with E-state index in [0.717, 1.165) is 12.0 Å². The molecule has 2 N–H and O–H groups in total. The second-order valence-electron chi connectivity index (χ2n) is 3.54. The van der Waals surface area contributed by atoms with Crippen molar-refractivity contribution in [2.24, 2.45) is 0 Å². The highest BCUT2D eigenvalue weighted by molar-refractivity contribution is 7.53. The maximum Gasteiger partial charge on any atom is 0.350 e. The Morgan fingerprint density at radius 2 is 1.88 bits per heavy atom. The fourth-order valence-corrected chi connectivity index (χ4v) is 3.00. The summed E-state index contributed by atoms with van der Waals surface area (Å²) in [4.78, 5) is 41.6. The second-order valence-corrected chi connectivity index (χ2v) is 5.46. The van der Waals surface area contributed by atoms with Gasteiger partial charge < -0.3 is 19.4 Å². The van der Waals surface area contributed by atoms with E-state index in [0.29, 0.717) is 0 Å². The van der Waals surface area contributed by atoms with Crippen molar-refractivity contribution in [3.8, 4) is 0 Å². The Morgan fingerprint density at radius 3 is 2.12 bits per heavy atom. The van der Waals surface area contributed by atoms with Gasteiger partial charge in [-0.05, 0) is 12.8 Å². The van der Waals surface area contributed by atoms with Gasteiger partial charge in [0.1, 0.15) is 11.8 Å². The molecule has 8 heteroatoms. The molecule has 0 saturated heterocycles. The topological polar surface area (TPSA) is 104 Å². The summed E-state index contributed by atoms with van der Waals surface area (Å²) in [5, 5.41) is -1.65. The molecule has 17 heavy (non-hydrogen) atoms. The van der Waals surface area contributed by atoms with Crippen molar-refractivity contribution in [3.63, 3.8) is 0 Å². The molecule has 0 bridgehead atoms. The minimum atomic E-state index is -4.56. The van der Waals surface area contributed by atoms with Gasteiger partial charge in [-0.2, -0.15) is 0 Å². The normalized spacial score (nSPS) is 12.1. The van der Waals surface area contributed by atoms with E-state index in [-0.39, 0.29) is 19.3 Å². The Hall–Kier alpha value is -0.910. The molecule has 7 nitrogen and oxygen atoms in total. The molecule has 0 aromatic heterocycles. The zero-order chi connectivity index (χ0) is 13.7. The number of nitrogens with zero attached hydrogens (tertiary/aromatic N) is 1. The molecule has 0 atom stereocenters. The highest BCUT2D eigenvalue weighted by Gasteiger charge is 2.49. The first-order valence-corrected chi connectivity index (χ1v) is 6.74. The van der Waals surface area contributed by atoms with E-state index in [2.05, 4.69) is 4.74 Å². The fraction of sp³-hybridized carbons (Fsp3) is 0.778. The molecule has 0 unspecified atom stereocenters. The molecule has 0 heterocycles. The van der Waals surface area contributed by atoms with E-state index in [4.69, 9.17) is 0 Å². The summed E-state index contributed by atoms with van der Waals surface area (Å²) in [5.74, 6) is -0.725. The van der Waals surface area contributed by atoms with Gasteiger partial charge in [-0.25, -0.2) is 0 Å². The highest BCUT2D eigenvalue weighted by atomic mass is 31.2. The van der Waals surface area contributed by atoms with Gasteiger partial charge in [0.25, 0.3) is 0 Å². The van der Waals surface area contributed by atoms with Crippen LogP contribution in [0.4, 0.5) is 0 Å². The van der Waals surface area contributed by atoms with Crippen LogP contribution in [-0.2, 0) is 18.9 Å². The summed E-state index contributed by atoms with van der Waals surface area (Å²) in [6.07, 6.45) is 0.357. The SMILES string of the molecule is CCC(CC)(N(C=O)CC(=O)OC)P(=O)(O)O. The van der Waals surface area contributed by atoms with Crippen LogP contribution in [0.15, 0.2) is 0 Å². The molecule has 1 amide bonds. The van der Waals surface area contributed by atoms with Crippen molar-refractivity contribution >= 4 is 20.0 Å². The molecule has 0 saturated carbocycles. The lowest BCUT2D eigenvalue weighted by atomic mass is 10.1. The van der Waals surface area contributed by atoms with Crippen LogP contribution < -0.4 is 0 Å². The van der Waals surface area contributed by atoms with Gasteiger partial charge in [-0.1, -0.05) is 13.8 Å². The minimum Gasteiger partial charge on any atom is -0.468 e. The highest BCUT2D eigenvalue weighted by Crippen LogP contribution is 2.55. The van der Waals surface area contributed by atoms with Crippen molar-refractivity contribution in [2.75, 3.05) is 13.7 Å². The van der Waals surface area contributed by atoms with Crippen LogP contribution in [0.1, 0.15) is 26.7 Å². The number of carbonyl (C=O) groups excluding carboxylic acids is 2. The van der Waals surface area contributed by atoms with E-state index < -0.39 is 25.4 Å². The average Bonchev–Trinajstić information content (AvgIpc) is 2.27. The summed E-state index contributed by atoms with van der Waals surface area (Å²) in [5.41, 5.74) is 0. The van der Waals surface area contributed by atoms with Crippen molar-refractivity contribution < 1.29 is 28.7 Å². The number of hydrogen-bond acceptors (Lipinski definition) is 4. The number of ether oxygens (including phenoxy) is 1. The minimum absolute atomic E-state index is 0.0452. The first-order valence-electron chi connectivity index (χ1n) is 5.13. The van der Waals surface area contributed by atoms with Gasteiger partial charge in [0, 0.05) is 0 Å². The van der Waals surface area contributed by atoms with E-state index in [9.17, 15) is 23.9 Å². The number of amides is 1. The fourth-order valence-electron chi connectivity index (χ4n) is 1.72. The number of hydrogen-bond donors (Lipinski definition) is 2. The maximum absolute atomic E-state index is 11.5. The summed E-state index contributed by atoms with van der Waals surface area (Å²) < 4.78 is 15.9. The van der Waals surface area contributed by atoms with Crippen LogP contribution in [0.3, 0.4) is 0 Å². The third-order valence-electron chi connectivity index (χ3n) is 2.86. The molecule has 0 fully saturated rings. The Balaban J connectivity index is 5.34. The maximum atomic E-state index is 11.5. The summed E-state index contributed by atoms with van der Waals surface area (Å²) in [6.45, 7) is 2.62. The van der Waals surface area contributed by atoms with Crippen LogP contribution in [0, 0.1) is 0 Å². The predicted molar refractivity (Wildman–Crippen MR) is 60.1 cm³/mol. The Bertz CT molecular complexity index is 321. The summed E-state index contributed by atoms with van der Waals surface area (Å²) in [6, 6.07) is 0. The molecule has 0 aromatic carbocycles. The molecule has 0 spiro atoms. The first-order chi connectivity index (χ1) is 7.78. The number of esters is 1. The van der Waals surface area contributed by atoms with Gasteiger partial charge in [-0.3, -0.25) is 14.2 Å². The van der Waals surface area contributed by atoms with Crippen LogP contribution >= 0.6 is 7.60 Å². The van der Waals surface area contributed by atoms with Gasteiger partial charge >= 0.3 is 13.6 Å². The number of carbonyl (C=O) groups is 2. The average molecular weight is 267 g/mol. The summed E-state index contributed by atoms with van der Waals surface area (Å²) in [7, 11) is -3.42. The third kappa shape index (κ3) is 3.28. The Labute approximate surface area is 99.9 Å². The predicted octanol–water partition coefficient (Wildman–Crippen LogP) is 0.312. The smallest absolute Gasteiger partial charge is 0.350 e. The van der Waals surface area contributed by atoms with Crippen LogP contribution in [0.2, 0.25) is 0 Å². The molecular weight excluding hydrogens is 249 g/mol. The molecule has 100 valence electrons. The van der Waals surface area contributed by atoms with Crippen molar-refractivity contribution in [1.82, 2.24) is 4.90 Å². The first kappa shape index (κ1) is 16.1. The molecule has 0 aliphatic rings. The van der Waals surface area contributed by atoms with Crippen LogP contribution in [-0.4, -0.2) is 46.0 Å². The standard InChI is InChI=1S/C9H18NO6P/c1-4-9(5-2,17(13,14)15)10(7-11)6-8(12)16-3/h7H,4-6H2,1-3H3,(H2,13,14,15). The monoisotopic (exact) mass is 267 g/mol. The lowest BCUT2D eigenvalue weighted by Gasteiger charge is -2.40. The van der Waals surface area contributed by atoms with Crippen molar-refractivity contribution in [2.45, 2.75) is 32.0 Å². The van der Waals surface area contributed by atoms with Crippen molar-refractivity contribution in [1.29, 1.82) is 0 Å². The molecule has 0 aliphatic carbocycles. The second kappa shape index (κ2) is 6.14. The van der Waals surface area contributed by atoms with E-state index in [1.165, 1.54) is 0 Å². The molecular formula is C9H18NO6P. The van der Waals surface area contributed by atoms with E-state index >= 15 is 0 Å². The zero-order valence-corrected chi connectivity index (χ0v) is 11.0. The lowest BCUT2D eigenvalue weighted by Crippen LogP contribution is -2.49. The molecule has 0 rings (SSSR count). The van der Waals surface area contributed by atoms with E-state index in [1.807, 2.05) is 0 Å². The molecule has 0 radical (unpaired) electrons. The summed E-state index contributed by atoms with van der Waals surface area (Å²) >= 11 is 0. The largest absolute Gasteiger partial charge is 0.468 e. The Morgan fingerprint density at radius 1 is 1.41 bits per heavy atom. The quantitative estimate of drug-likeness (QED) is 0.391. The third-order valence-corrected chi connectivity index (χ3v) is 4.84. The molecule has 0 aromatic rings. The molecule has 0 aliphatic heterocycles. The van der Waals surface area contributed by atoms with Gasteiger partial charge in [0.2, 0.25) is 6.41 Å². The van der Waals surface area contributed by atoms with Gasteiger partial charge in [0.15, 0.2) is 0 Å². The number of rotatable bonds is 7. The zero-order valence-electron chi connectivity index (χ0n) is 10.1. The van der Waals surface area contributed by atoms with Crippen molar-refractivity contribution in [3.05, 3.63) is 0 Å². The number of methoxy groups -OCH3 is 1. The lowest BCUT2D eigenvalue weighted by molar-refractivity contribution is -0.146. The Kier molecular flexibility index (Phi) is 5.81. The van der Waals surface area contributed by atoms with Crippen LogP contribution in [0.5, 0.6) is 0 Å². The van der Waals surface area contributed by atoms with Crippen LogP contribution in [0.25, 0.3) is 0 Å². The van der Waals surface area contributed by atoms with Gasteiger partial charge in [-0.15, -0.1) is 0 Å². The van der Waals surface area contributed by atoms with E-state index in [1.54, 1.807) is 13.8 Å².